The molecule has 0 bridgehead atoms. The molecule has 2 atom stereocenters. The minimum absolute atomic E-state index is 0.0110. The van der Waals surface area contributed by atoms with Crippen LogP contribution in [0.4, 0.5) is 4.79 Å². The second-order valence-electron chi connectivity index (χ2n) is 8.81. The van der Waals surface area contributed by atoms with Crippen molar-refractivity contribution in [3.05, 3.63) is 59.7 Å². The van der Waals surface area contributed by atoms with Crippen LogP contribution in [0.5, 0.6) is 0 Å². The number of ether oxygens (including phenoxy) is 1. The second kappa shape index (κ2) is 11.0. The van der Waals surface area contributed by atoms with Crippen LogP contribution < -0.4 is 10.6 Å². The molecule has 0 heterocycles. The molecule has 2 aromatic rings. The number of alkyl carbamates (subject to hydrolysis) is 1. The highest BCUT2D eigenvalue weighted by Crippen LogP contribution is 2.44. The predicted octanol–water partition coefficient (Wildman–Crippen LogP) is 4.17. The minimum Gasteiger partial charge on any atom is -0.481 e. The Bertz CT molecular complexity index is 958. The van der Waals surface area contributed by atoms with Crippen LogP contribution in [-0.2, 0) is 14.3 Å². The molecule has 7 nitrogen and oxygen atoms in total. The highest BCUT2D eigenvalue weighted by molar-refractivity contribution is 5.86. The summed E-state index contributed by atoms with van der Waals surface area (Å²) in [5.74, 6) is -1.62. The van der Waals surface area contributed by atoms with Crippen molar-refractivity contribution in [2.24, 2.45) is 11.8 Å². The molecule has 3 N–H and O–H groups in total. The zero-order valence-corrected chi connectivity index (χ0v) is 19.3. The van der Waals surface area contributed by atoms with Crippen LogP contribution in [0.2, 0.25) is 0 Å². The summed E-state index contributed by atoms with van der Waals surface area (Å²) in [6.07, 6.45) is -0.0231. The number of aliphatic carboxylic acids is 1. The van der Waals surface area contributed by atoms with Crippen molar-refractivity contribution in [1.82, 2.24) is 10.6 Å². The molecule has 0 aromatic heterocycles. The number of carbonyl (C=O) groups excluding carboxylic acids is 2. The van der Waals surface area contributed by atoms with Gasteiger partial charge in [-0.1, -0.05) is 75.7 Å². The normalized spacial score (nSPS) is 14.2. The summed E-state index contributed by atoms with van der Waals surface area (Å²) >= 11 is 0. The average Bonchev–Trinajstić information content (AvgIpc) is 3.12. The zero-order valence-electron chi connectivity index (χ0n) is 19.3. The maximum absolute atomic E-state index is 12.7. The Labute approximate surface area is 194 Å². The van der Waals surface area contributed by atoms with Crippen LogP contribution in [-0.4, -0.2) is 42.3 Å². The van der Waals surface area contributed by atoms with Gasteiger partial charge in [-0.2, -0.15) is 0 Å². The van der Waals surface area contributed by atoms with Crippen molar-refractivity contribution in [2.45, 2.75) is 45.6 Å². The summed E-state index contributed by atoms with van der Waals surface area (Å²) in [4.78, 5) is 36.2. The van der Waals surface area contributed by atoms with Gasteiger partial charge in [0.05, 0.1) is 0 Å². The van der Waals surface area contributed by atoms with Crippen molar-refractivity contribution in [2.75, 3.05) is 13.2 Å². The molecule has 7 heteroatoms. The SMILES string of the molecule is CCC(CNC(=O)C(NC(=O)OCC1c2ccccc2-c2ccccc21)C(C)C)CC(=O)O. The van der Waals surface area contributed by atoms with E-state index in [0.717, 1.165) is 22.3 Å². The summed E-state index contributed by atoms with van der Waals surface area (Å²) in [6, 6.07) is 15.4. The first-order valence-corrected chi connectivity index (χ1v) is 11.4. The van der Waals surface area contributed by atoms with Gasteiger partial charge in [-0.25, -0.2) is 4.79 Å². The highest BCUT2D eigenvalue weighted by atomic mass is 16.5. The average molecular weight is 453 g/mol. The molecule has 0 saturated carbocycles. The number of carbonyl (C=O) groups is 3. The maximum atomic E-state index is 12.7. The fraction of sp³-hybridized carbons (Fsp3) is 0.423. The Balaban J connectivity index is 1.59. The molecular formula is C26H32N2O5. The smallest absolute Gasteiger partial charge is 0.407 e. The van der Waals surface area contributed by atoms with Crippen LogP contribution >= 0.6 is 0 Å². The van der Waals surface area contributed by atoms with Crippen molar-refractivity contribution in [3.63, 3.8) is 0 Å². The first-order valence-electron chi connectivity index (χ1n) is 11.4. The number of fused-ring (bicyclic) bond motifs is 3. The van der Waals surface area contributed by atoms with Gasteiger partial charge in [0.1, 0.15) is 12.6 Å². The van der Waals surface area contributed by atoms with E-state index in [2.05, 4.69) is 22.8 Å². The highest BCUT2D eigenvalue weighted by Gasteiger charge is 2.30. The maximum Gasteiger partial charge on any atom is 0.407 e. The number of carboxylic acid groups (broad SMARTS) is 1. The van der Waals surface area contributed by atoms with Crippen LogP contribution in [0.15, 0.2) is 48.5 Å². The fourth-order valence-corrected chi connectivity index (χ4v) is 4.26. The molecule has 0 saturated heterocycles. The molecule has 0 fully saturated rings. The van der Waals surface area contributed by atoms with E-state index in [0.29, 0.717) is 6.42 Å². The number of rotatable bonds is 10. The Morgan fingerprint density at radius 2 is 1.58 bits per heavy atom. The molecule has 33 heavy (non-hydrogen) atoms. The van der Waals surface area contributed by atoms with Crippen LogP contribution in [0.25, 0.3) is 11.1 Å². The number of benzene rings is 2. The standard InChI is InChI=1S/C26H32N2O5/c1-4-17(13-23(29)30)14-27-25(31)24(16(2)3)28-26(32)33-15-22-20-11-7-5-9-18(20)19-10-6-8-12-21(19)22/h5-12,16-17,22,24H,4,13-15H2,1-3H3,(H,27,31)(H,28,32)(H,29,30). The molecule has 3 rings (SSSR count). The van der Waals surface area contributed by atoms with Gasteiger partial charge in [0.25, 0.3) is 0 Å². The summed E-state index contributed by atoms with van der Waals surface area (Å²) in [6.45, 7) is 5.97. The topological polar surface area (TPSA) is 105 Å². The van der Waals surface area contributed by atoms with Crippen LogP contribution in [0.3, 0.4) is 0 Å². The number of hydrogen-bond donors (Lipinski definition) is 3. The molecule has 0 spiro atoms. The quantitative estimate of drug-likeness (QED) is 0.502. The second-order valence-corrected chi connectivity index (χ2v) is 8.81. The van der Waals surface area contributed by atoms with E-state index in [-0.39, 0.29) is 43.2 Å². The van der Waals surface area contributed by atoms with E-state index >= 15 is 0 Å². The van der Waals surface area contributed by atoms with Crippen molar-refractivity contribution >= 4 is 18.0 Å². The number of amides is 2. The lowest BCUT2D eigenvalue weighted by Crippen LogP contribution is -2.50. The lowest BCUT2D eigenvalue weighted by Gasteiger charge is -2.23. The largest absolute Gasteiger partial charge is 0.481 e. The van der Waals surface area contributed by atoms with Crippen molar-refractivity contribution in [3.8, 4) is 11.1 Å². The molecule has 1 aliphatic carbocycles. The van der Waals surface area contributed by atoms with Gasteiger partial charge in [-0.3, -0.25) is 9.59 Å². The lowest BCUT2D eigenvalue weighted by atomic mass is 9.98. The lowest BCUT2D eigenvalue weighted by molar-refractivity contribution is -0.138. The Morgan fingerprint density at radius 3 is 2.09 bits per heavy atom. The van der Waals surface area contributed by atoms with Crippen molar-refractivity contribution < 1.29 is 24.2 Å². The Kier molecular flexibility index (Phi) is 8.09. The number of carboxylic acids is 1. The third kappa shape index (κ3) is 5.92. The van der Waals surface area contributed by atoms with Gasteiger partial charge < -0.3 is 20.5 Å². The van der Waals surface area contributed by atoms with Crippen LogP contribution in [0, 0.1) is 11.8 Å². The predicted molar refractivity (Wildman–Crippen MR) is 126 cm³/mol. The first-order chi connectivity index (χ1) is 15.8. The Hall–Kier alpha value is -3.35. The third-order valence-corrected chi connectivity index (χ3v) is 6.17. The molecule has 1 aliphatic rings. The molecular weight excluding hydrogens is 420 g/mol. The molecule has 2 amide bonds. The van der Waals surface area contributed by atoms with E-state index < -0.39 is 18.1 Å². The molecule has 0 radical (unpaired) electrons. The van der Waals surface area contributed by atoms with E-state index in [9.17, 15) is 14.4 Å². The summed E-state index contributed by atoms with van der Waals surface area (Å²) in [7, 11) is 0. The molecule has 2 aromatic carbocycles. The third-order valence-electron chi connectivity index (χ3n) is 6.17. The molecule has 176 valence electrons. The van der Waals surface area contributed by atoms with Gasteiger partial charge >= 0.3 is 12.1 Å². The van der Waals surface area contributed by atoms with Gasteiger partial charge in [0, 0.05) is 18.9 Å². The van der Waals surface area contributed by atoms with Gasteiger partial charge in [0.15, 0.2) is 0 Å². The zero-order chi connectivity index (χ0) is 24.0. The summed E-state index contributed by atoms with van der Waals surface area (Å²) in [5.41, 5.74) is 4.53. The van der Waals surface area contributed by atoms with E-state index in [1.54, 1.807) is 0 Å². The van der Waals surface area contributed by atoms with Gasteiger partial charge in [0.2, 0.25) is 5.91 Å². The monoisotopic (exact) mass is 452 g/mol. The first kappa shape index (κ1) is 24.3. The number of hydrogen-bond acceptors (Lipinski definition) is 4. The summed E-state index contributed by atoms with van der Waals surface area (Å²) in [5, 5.41) is 14.4. The fourth-order valence-electron chi connectivity index (χ4n) is 4.26. The minimum atomic E-state index is -0.895. The van der Waals surface area contributed by atoms with E-state index in [4.69, 9.17) is 9.84 Å². The van der Waals surface area contributed by atoms with Crippen molar-refractivity contribution in [1.29, 1.82) is 0 Å². The number of nitrogens with one attached hydrogen (secondary N) is 2. The molecule has 0 aliphatic heterocycles. The molecule has 2 unspecified atom stereocenters. The van der Waals surface area contributed by atoms with E-state index in [1.807, 2.05) is 57.2 Å². The summed E-state index contributed by atoms with van der Waals surface area (Å²) < 4.78 is 5.56. The van der Waals surface area contributed by atoms with Crippen LogP contribution in [0.1, 0.15) is 50.7 Å². The Morgan fingerprint density at radius 1 is 1.00 bits per heavy atom. The van der Waals surface area contributed by atoms with Gasteiger partial charge in [-0.15, -0.1) is 0 Å². The van der Waals surface area contributed by atoms with E-state index in [1.165, 1.54) is 0 Å². The van der Waals surface area contributed by atoms with Gasteiger partial charge in [-0.05, 0) is 34.1 Å².